The zero-order valence-electron chi connectivity index (χ0n) is 8.97. The van der Waals surface area contributed by atoms with E-state index in [0.717, 1.165) is 30.5 Å². The summed E-state index contributed by atoms with van der Waals surface area (Å²) in [6.07, 6.45) is 1.80. The van der Waals surface area contributed by atoms with Crippen molar-refractivity contribution in [2.75, 3.05) is 5.32 Å². The van der Waals surface area contributed by atoms with Crippen molar-refractivity contribution >= 4 is 59.3 Å². The van der Waals surface area contributed by atoms with Crippen molar-refractivity contribution in [1.82, 2.24) is 4.98 Å². The zero-order chi connectivity index (χ0) is 12.4. The molecule has 0 saturated carbocycles. The van der Waals surface area contributed by atoms with Gasteiger partial charge in [0.2, 0.25) is 0 Å². The van der Waals surface area contributed by atoms with Crippen LogP contribution in [-0.2, 0) is 0 Å². The Morgan fingerprint density at radius 1 is 1.06 bits per heavy atom. The average Bonchev–Trinajstić information content (AvgIpc) is 2.27. The highest BCUT2D eigenvalue weighted by Gasteiger charge is 2.03. The SMILES string of the molecule is Cc1cc(Nc2ccc(Br)cc2Br)ncc1Br. The van der Waals surface area contributed by atoms with Crippen LogP contribution >= 0.6 is 47.8 Å². The summed E-state index contributed by atoms with van der Waals surface area (Å²) in [5, 5.41) is 3.27. The number of aromatic nitrogens is 1. The predicted octanol–water partition coefficient (Wildman–Crippen LogP) is 5.42. The summed E-state index contributed by atoms with van der Waals surface area (Å²) in [4.78, 5) is 4.31. The van der Waals surface area contributed by atoms with Crippen molar-refractivity contribution in [2.45, 2.75) is 6.92 Å². The molecule has 0 spiro atoms. The van der Waals surface area contributed by atoms with Crippen LogP contribution in [0.15, 0.2) is 43.9 Å². The van der Waals surface area contributed by atoms with Gasteiger partial charge in [0.25, 0.3) is 0 Å². The molecule has 1 heterocycles. The van der Waals surface area contributed by atoms with Crippen LogP contribution in [0, 0.1) is 6.92 Å². The van der Waals surface area contributed by atoms with Crippen LogP contribution in [0.4, 0.5) is 11.5 Å². The Balaban J connectivity index is 2.28. The van der Waals surface area contributed by atoms with Gasteiger partial charge in [0.1, 0.15) is 5.82 Å². The summed E-state index contributed by atoms with van der Waals surface area (Å²) >= 11 is 10.4. The lowest BCUT2D eigenvalue weighted by atomic mass is 10.3. The molecule has 2 nitrogen and oxygen atoms in total. The van der Waals surface area contributed by atoms with E-state index in [1.54, 1.807) is 6.20 Å². The number of nitrogens with zero attached hydrogens (tertiary/aromatic N) is 1. The summed E-state index contributed by atoms with van der Waals surface area (Å²) in [6, 6.07) is 7.97. The Morgan fingerprint density at radius 3 is 2.47 bits per heavy atom. The highest BCUT2D eigenvalue weighted by molar-refractivity contribution is 9.11. The van der Waals surface area contributed by atoms with Crippen LogP contribution in [-0.4, -0.2) is 4.98 Å². The standard InChI is InChI=1S/C12H9Br3N2/c1-7-4-12(16-6-10(7)15)17-11-3-2-8(13)5-9(11)14/h2-6H,1H3,(H,16,17). The van der Waals surface area contributed by atoms with E-state index < -0.39 is 0 Å². The fraction of sp³-hybridized carbons (Fsp3) is 0.0833. The number of nitrogens with one attached hydrogen (secondary N) is 1. The number of hydrogen-bond donors (Lipinski definition) is 1. The van der Waals surface area contributed by atoms with Crippen LogP contribution in [0.3, 0.4) is 0 Å². The van der Waals surface area contributed by atoms with E-state index in [0.29, 0.717) is 0 Å². The minimum Gasteiger partial charge on any atom is -0.339 e. The third kappa shape index (κ3) is 3.30. The van der Waals surface area contributed by atoms with Gasteiger partial charge < -0.3 is 5.32 Å². The van der Waals surface area contributed by atoms with Crippen LogP contribution < -0.4 is 5.32 Å². The van der Waals surface area contributed by atoms with Gasteiger partial charge in [-0.15, -0.1) is 0 Å². The molecule has 0 unspecified atom stereocenters. The fourth-order valence-electron chi connectivity index (χ4n) is 1.34. The van der Waals surface area contributed by atoms with Crippen LogP contribution in [0.25, 0.3) is 0 Å². The molecule has 88 valence electrons. The Bertz CT molecular complexity index is 555. The Hall–Kier alpha value is -0.390. The maximum Gasteiger partial charge on any atom is 0.130 e. The molecule has 0 aliphatic carbocycles. The zero-order valence-corrected chi connectivity index (χ0v) is 13.7. The number of aryl methyl sites for hydroxylation is 1. The minimum atomic E-state index is 0.828. The number of benzene rings is 1. The van der Waals surface area contributed by atoms with E-state index in [2.05, 4.69) is 58.1 Å². The highest BCUT2D eigenvalue weighted by atomic mass is 79.9. The molecular formula is C12H9Br3N2. The van der Waals surface area contributed by atoms with Crippen molar-refractivity contribution in [3.8, 4) is 0 Å². The number of anilines is 2. The molecule has 2 aromatic rings. The summed E-state index contributed by atoms with van der Waals surface area (Å²) in [5.74, 6) is 0.828. The Kier molecular flexibility index (Phi) is 4.22. The second-order valence-corrected chi connectivity index (χ2v) is 6.19. The number of halogens is 3. The topological polar surface area (TPSA) is 24.9 Å². The molecule has 0 aliphatic heterocycles. The Labute approximate surface area is 125 Å². The van der Waals surface area contributed by atoms with Crippen LogP contribution in [0.1, 0.15) is 5.56 Å². The smallest absolute Gasteiger partial charge is 0.130 e. The second kappa shape index (κ2) is 5.50. The van der Waals surface area contributed by atoms with Crippen LogP contribution in [0.2, 0.25) is 0 Å². The average molecular weight is 421 g/mol. The van der Waals surface area contributed by atoms with E-state index in [1.807, 2.05) is 31.2 Å². The van der Waals surface area contributed by atoms with Crippen molar-refractivity contribution < 1.29 is 0 Å². The van der Waals surface area contributed by atoms with Gasteiger partial charge in [-0.2, -0.15) is 0 Å². The molecule has 1 aromatic heterocycles. The molecule has 0 bridgehead atoms. The number of pyridine rings is 1. The third-order valence-corrected chi connectivity index (χ3v) is 4.22. The molecule has 1 N–H and O–H groups in total. The molecule has 0 atom stereocenters. The number of rotatable bonds is 2. The van der Waals surface area contributed by atoms with Gasteiger partial charge >= 0.3 is 0 Å². The molecule has 0 aliphatic rings. The van der Waals surface area contributed by atoms with Gasteiger partial charge in [0, 0.05) is 19.6 Å². The first-order chi connectivity index (χ1) is 8.06. The molecule has 0 amide bonds. The summed E-state index contributed by atoms with van der Waals surface area (Å²) in [6.45, 7) is 2.04. The monoisotopic (exact) mass is 418 g/mol. The first-order valence-corrected chi connectivity index (χ1v) is 7.28. The Morgan fingerprint density at radius 2 is 1.82 bits per heavy atom. The molecular weight excluding hydrogens is 412 g/mol. The van der Waals surface area contributed by atoms with Gasteiger partial charge in [-0.25, -0.2) is 4.98 Å². The first-order valence-electron chi connectivity index (χ1n) is 4.90. The van der Waals surface area contributed by atoms with Gasteiger partial charge in [-0.05, 0) is 68.6 Å². The van der Waals surface area contributed by atoms with E-state index in [9.17, 15) is 0 Å². The van der Waals surface area contributed by atoms with E-state index >= 15 is 0 Å². The lowest BCUT2D eigenvalue weighted by molar-refractivity contribution is 1.25. The van der Waals surface area contributed by atoms with E-state index in [1.165, 1.54) is 0 Å². The summed E-state index contributed by atoms with van der Waals surface area (Å²) < 4.78 is 3.04. The highest BCUT2D eigenvalue weighted by Crippen LogP contribution is 2.29. The van der Waals surface area contributed by atoms with Gasteiger partial charge in [0.05, 0.1) is 5.69 Å². The lowest BCUT2D eigenvalue weighted by Gasteiger charge is -2.09. The second-order valence-electron chi connectivity index (χ2n) is 3.57. The van der Waals surface area contributed by atoms with E-state index in [-0.39, 0.29) is 0 Å². The van der Waals surface area contributed by atoms with Crippen molar-refractivity contribution in [3.05, 3.63) is 49.4 Å². The quantitative estimate of drug-likeness (QED) is 0.701. The maximum atomic E-state index is 4.31. The molecule has 5 heteroatoms. The summed E-state index contributed by atoms with van der Waals surface area (Å²) in [7, 11) is 0. The molecule has 0 saturated heterocycles. The van der Waals surface area contributed by atoms with Gasteiger partial charge in [-0.3, -0.25) is 0 Å². The summed E-state index contributed by atoms with van der Waals surface area (Å²) in [5.41, 5.74) is 2.14. The fourth-order valence-corrected chi connectivity index (χ4v) is 2.70. The van der Waals surface area contributed by atoms with Crippen molar-refractivity contribution in [3.63, 3.8) is 0 Å². The van der Waals surface area contributed by atoms with Crippen molar-refractivity contribution in [1.29, 1.82) is 0 Å². The largest absolute Gasteiger partial charge is 0.339 e. The lowest BCUT2D eigenvalue weighted by Crippen LogP contribution is -1.95. The maximum absolute atomic E-state index is 4.31. The normalized spacial score (nSPS) is 10.4. The van der Waals surface area contributed by atoms with Crippen molar-refractivity contribution in [2.24, 2.45) is 0 Å². The molecule has 1 aromatic carbocycles. The number of hydrogen-bond acceptors (Lipinski definition) is 2. The molecule has 2 rings (SSSR count). The first kappa shape index (κ1) is 13.1. The predicted molar refractivity (Wildman–Crippen MR) is 81.8 cm³/mol. The van der Waals surface area contributed by atoms with E-state index in [4.69, 9.17) is 0 Å². The van der Waals surface area contributed by atoms with Crippen LogP contribution in [0.5, 0.6) is 0 Å². The third-order valence-electron chi connectivity index (χ3n) is 2.24. The van der Waals surface area contributed by atoms with Gasteiger partial charge in [-0.1, -0.05) is 15.9 Å². The molecule has 17 heavy (non-hydrogen) atoms. The molecule has 0 fully saturated rings. The minimum absolute atomic E-state index is 0.828. The molecule has 0 radical (unpaired) electrons. The van der Waals surface area contributed by atoms with Gasteiger partial charge in [0.15, 0.2) is 0 Å².